The molecule has 0 aromatic heterocycles. The summed E-state index contributed by atoms with van der Waals surface area (Å²) in [6, 6.07) is 0. The van der Waals surface area contributed by atoms with Gasteiger partial charge in [0.2, 0.25) is 11.8 Å². The Bertz CT molecular complexity index is 393. The lowest BCUT2D eigenvalue weighted by Crippen LogP contribution is -2.47. The molecule has 104 valence electrons. The number of amides is 2. The number of rotatable bonds is 2. The molecule has 6 heteroatoms. The van der Waals surface area contributed by atoms with Crippen LogP contribution >= 0.6 is 0 Å². The lowest BCUT2D eigenvalue weighted by atomic mass is 9.81. The fourth-order valence-corrected chi connectivity index (χ4v) is 3.86. The van der Waals surface area contributed by atoms with Crippen molar-refractivity contribution in [2.24, 2.45) is 11.8 Å². The van der Waals surface area contributed by atoms with Gasteiger partial charge in [0, 0.05) is 13.1 Å². The van der Waals surface area contributed by atoms with Crippen LogP contribution in [0.4, 0.5) is 0 Å². The van der Waals surface area contributed by atoms with E-state index in [1.54, 1.807) is 0 Å². The molecule has 4 aliphatic heterocycles. The SMILES string of the molecule is O=C1C2C3CCC(O3)C2C(=O)N1CN1CCOCC1. The number of hydrogen-bond donors (Lipinski definition) is 0. The van der Waals surface area contributed by atoms with E-state index in [2.05, 4.69) is 4.90 Å². The topological polar surface area (TPSA) is 59.1 Å². The van der Waals surface area contributed by atoms with Crippen molar-refractivity contribution in [3.8, 4) is 0 Å². The second kappa shape index (κ2) is 4.26. The molecule has 4 unspecified atom stereocenters. The number of ether oxygens (including phenoxy) is 2. The van der Waals surface area contributed by atoms with E-state index in [-0.39, 0.29) is 35.9 Å². The molecule has 4 atom stereocenters. The minimum atomic E-state index is -0.202. The van der Waals surface area contributed by atoms with E-state index in [0.29, 0.717) is 19.9 Å². The summed E-state index contributed by atoms with van der Waals surface area (Å²) in [6.45, 7) is 3.36. The summed E-state index contributed by atoms with van der Waals surface area (Å²) in [7, 11) is 0. The van der Waals surface area contributed by atoms with Crippen LogP contribution in [0.2, 0.25) is 0 Å². The summed E-state index contributed by atoms with van der Waals surface area (Å²) in [4.78, 5) is 28.4. The maximum absolute atomic E-state index is 12.4. The summed E-state index contributed by atoms with van der Waals surface area (Å²) in [5.41, 5.74) is 0. The second-order valence-electron chi connectivity index (χ2n) is 5.82. The van der Waals surface area contributed by atoms with E-state index in [1.807, 2.05) is 0 Å². The predicted octanol–water partition coefficient (Wildman–Crippen LogP) is -0.561. The maximum atomic E-state index is 12.4. The van der Waals surface area contributed by atoms with Crippen LogP contribution in [0.5, 0.6) is 0 Å². The molecule has 0 radical (unpaired) electrons. The molecular formula is C13H18N2O4. The largest absolute Gasteiger partial charge is 0.379 e. The molecule has 4 aliphatic rings. The van der Waals surface area contributed by atoms with Crippen molar-refractivity contribution >= 4 is 11.8 Å². The monoisotopic (exact) mass is 266 g/mol. The lowest BCUT2D eigenvalue weighted by molar-refractivity contribution is -0.146. The van der Waals surface area contributed by atoms with Crippen LogP contribution < -0.4 is 0 Å². The van der Waals surface area contributed by atoms with Crippen LogP contribution in [0, 0.1) is 11.8 Å². The summed E-state index contributed by atoms with van der Waals surface area (Å²) in [6.07, 6.45) is 1.83. The van der Waals surface area contributed by atoms with Crippen LogP contribution in [-0.4, -0.2) is 66.8 Å². The van der Waals surface area contributed by atoms with Crippen molar-refractivity contribution in [1.82, 2.24) is 9.80 Å². The molecule has 0 N–H and O–H groups in total. The third-order valence-corrected chi connectivity index (χ3v) is 4.82. The van der Waals surface area contributed by atoms with Gasteiger partial charge in [0.25, 0.3) is 0 Å². The maximum Gasteiger partial charge on any atom is 0.236 e. The Balaban J connectivity index is 1.51. The van der Waals surface area contributed by atoms with Crippen molar-refractivity contribution in [3.63, 3.8) is 0 Å². The smallest absolute Gasteiger partial charge is 0.236 e. The molecule has 0 aromatic rings. The van der Waals surface area contributed by atoms with E-state index in [4.69, 9.17) is 9.47 Å². The number of hydrogen-bond acceptors (Lipinski definition) is 5. The Hall–Kier alpha value is -0.980. The molecule has 19 heavy (non-hydrogen) atoms. The number of nitrogens with zero attached hydrogens (tertiary/aromatic N) is 2. The summed E-state index contributed by atoms with van der Waals surface area (Å²) in [5, 5.41) is 0. The Labute approximate surface area is 111 Å². The van der Waals surface area contributed by atoms with E-state index in [1.165, 1.54) is 4.90 Å². The standard InChI is InChI=1S/C13H18N2O4/c16-12-10-8-1-2-9(19-8)11(10)13(17)15(12)7-14-3-5-18-6-4-14/h8-11H,1-7H2. The molecule has 4 rings (SSSR count). The highest BCUT2D eigenvalue weighted by atomic mass is 16.5. The quantitative estimate of drug-likeness (QED) is 0.627. The molecule has 0 aromatic carbocycles. The van der Waals surface area contributed by atoms with Crippen molar-refractivity contribution in [3.05, 3.63) is 0 Å². The molecular weight excluding hydrogens is 248 g/mol. The average molecular weight is 266 g/mol. The Kier molecular flexibility index (Phi) is 2.65. The fourth-order valence-electron chi connectivity index (χ4n) is 3.86. The van der Waals surface area contributed by atoms with Crippen LogP contribution in [-0.2, 0) is 19.1 Å². The molecule has 2 bridgehead atoms. The Morgan fingerprint density at radius 3 is 2.16 bits per heavy atom. The highest BCUT2D eigenvalue weighted by Gasteiger charge is 2.62. The minimum Gasteiger partial charge on any atom is -0.379 e. The second-order valence-corrected chi connectivity index (χ2v) is 5.82. The molecule has 0 aliphatic carbocycles. The zero-order chi connectivity index (χ0) is 13.0. The fraction of sp³-hybridized carbons (Fsp3) is 0.846. The zero-order valence-corrected chi connectivity index (χ0v) is 10.8. The minimum absolute atomic E-state index is 0.0128. The highest BCUT2D eigenvalue weighted by Crippen LogP contribution is 2.48. The van der Waals surface area contributed by atoms with Gasteiger partial charge in [-0.3, -0.25) is 19.4 Å². The number of imide groups is 1. The number of carbonyl (C=O) groups is 2. The van der Waals surface area contributed by atoms with Crippen LogP contribution in [0.15, 0.2) is 0 Å². The van der Waals surface area contributed by atoms with E-state index in [9.17, 15) is 9.59 Å². The van der Waals surface area contributed by atoms with E-state index < -0.39 is 0 Å². The van der Waals surface area contributed by atoms with Crippen LogP contribution in [0.25, 0.3) is 0 Å². The molecule has 6 nitrogen and oxygen atoms in total. The molecule has 0 spiro atoms. The van der Waals surface area contributed by atoms with Gasteiger partial charge in [-0.25, -0.2) is 0 Å². The Morgan fingerprint density at radius 2 is 1.58 bits per heavy atom. The van der Waals surface area contributed by atoms with Gasteiger partial charge in [0.05, 0.1) is 43.9 Å². The lowest BCUT2D eigenvalue weighted by Gasteiger charge is -2.30. The van der Waals surface area contributed by atoms with Crippen LogP contribution in [0.3, 0.4) is 0 Å². The molecule has 4 saturated heterocycles. The summed E-state index contributed by atoms with van der Waals surface area (Å²) in [5.74, 6) is -0.443. The van der Waals surface area contributed by atoms with Gasteiger partial charge >= 0.3 is 0 Å². The zero-order valence-electron chi connectivity index (χ0n) is 10.8. The van der Waals surface area contributed by atoms with Crippen LogP contribution in [0.1, 0.15) is 12.8 Å². The Morgan fingerprint density at radius 1 is 1.00 bits per heavy atom. The number of likely N-dealkylation sites (tertiary alicyclic amines) is 1. The third-order valence-electron chi connectivity index (χ3n) is 4.82. The summed E-state index contributed by atoms with van der Waals surface area (Å²) < 4.78 is 11.0. The molecule has 4 heterocycles. The summed E-state index contributed by atoms with van der Waals surface area (Å²) >= 11 is 0. The molecule has 4 fully saturated rings. The number of carbonyl (C=O) groups excluding carboxylic acids is 2. The van der Waals surface area contributed by atoms with Gasteiger partial charge in [0.15, 0.2) is 0 Å². The molecule has 0 saturated carbocycles. The first-order chi connectivity index (χ1) is 9.25. The number of morpholine rings is 1. The highest BCUT2D eigenvalue weighted by molar-refractivity contribution is 6.06. The van der Waals surface area contributed by atoms with Gasteiger partial charge in [-0.2, -0.15) is 0 Å². The van der Waals surface area contributed by atoms with E-state index in [0.717, 1.165) is 25.9 Å². The van der Waals surface area contributed by atoms with Gasteiger partial charge in [-0.15, -0.1) is 0 Å². The van der Waals surface area contributed by atoms with Crippen molar-refractivity contribution in [1.29, 1.82) is 0 Å². The average Bonchev–Trinajstić information content (AvgIpc) is 3.10. The first-order valence-corrected chi connectivity index (χ1v) is 7.06. The predicted molar refractivity (Wildman–Crippen MR) is 64.0 cm³/mol. The van der Waals surface area contributed by atoms with Gasteiger partial charge in [0.1, 0.15) is 0 Å². The third kappa shape index (κ3) is 1.67. The van der Waals surface area contributed by atoms with Crippen molar-refractivity contribution in [2.45, 2.75) is 25.0 Å². The van der Waals surface area contributed by atoms with Crippen molar-refractivity contribution < 1.29 is 19.1 Å². The first kappa shape index (κ1) is 11.8. The number of fused-ring (bicyclic) bond motifs is 5. The normalized spacial score (nSPS) is 42.2. The van der Waals surface area contributed by atoms with Gasteiger partial charge in [-0.1, -0.05) is 0 Å². The van der Waals surface area contributed by atoms with Crippen molar-refractivity contribution in [2.75, 3.05) is 33.0 Å². The first-order valence-electron chi connectivity index (χ1n) is 7.06. The van der Waals surface area contributed by atoms with Gasteiger partial charge < -0.3 is 9.47 Å². The molecule has 2 amide bonds. The van der Waals surface area contributed by atoms with E-state index >= 15 is 0 Å². The van der Waals surface area contributed by atoms with Gasteiger partial charge in [-0.05, 0) is 12.8 Å².